The van der Waals surface area contributed by atoms with Crippen molar-refractivity contribution in [2.75, 3.05) is 5.32 Å². The van der Waals surface area contributed by atoms with Crippen molar-refractivity contribution in [2.24, 2.45) is 0 Å². The first-order valence-electron chi connectivity index (χ1n) is 7.34. The molecule has 1 atom stereocenters. The topological polar surface area (TPSA) is 92.2 Å². The molecule has 23 heavy (non-hydrogen) atoms. The van der Waals surface area contributed by atoms with Crippen LogP contribution in [0.5, 0.6) is 0 Å². The standard InChI is InChI=1S/C17H19N3O3/c1-10(2)15-14(8-18-9-19-15)16(21)20-13-6-4-12(5-7-13)11(3)17(22)23/h4-11H,1-3H3,(H,20,21)(H,22,23). The average molecular weight is 313 g/mol. The highest BCUT2D eigenvalue weighted by Crippen LogP contribution is 2.20. The Labute approximate surface area is 134 Å². The number of carbonyl (C=O) groups is 2. The number of amides is 1. The summed E-state index contributed by atoms with van der Waals surface area (Å²) in [4.78, 5) is 31.4. The molecule has 0 spiro atoms. The molecule has 0 saturated heterocycles. The van der Waals surface area contributed by atoms with Crippen molar-refractivity contribution in [3.8, 4) is 0 Å². The van der Waals surface area contributed by atoms with Crippen LogP contribution in [0.3, 0.4) is 0 Å². The fourth-order valence-electron chi connectivity index (χ4n) is 2.17. The summed E-state index contributed by atoms with van der Waals surface area (Å²) in [6, 6.07) is 6.76. The lowest BCUT2D eigenvalue weighted by Gasteiger charge is -2.12. The molecule has 6 nitrogen and oxygen atoms in total. The number of nitrogens with zero attached hydrogens (tertiary/aromatic N) is 2. The van der Waals surface area contributed by atoms with Crippen molar-refractivity contribution >= 4 is 17.6 Å². The lowest BCUT2D eigenvalue weighted by Crippen LogP contribution is -2.16. The maximum atomic E-state index is 12.4. The molecule has 1 heterocycles. The molecule has 0 aliphatic heterocycles. The summed E-state index contributed by atoms with van der Waals surface area (Å²) < 4.78 is 0. The highest BCUT2D eigenvalue weighted by Gasteiger charge is 2.16. The van der Waals surface area contributed by atoms with Gasteiger partial charge >= 0.3 is 5.97 Å². The van der Waals surface area contributed by atoms with E-state index in [1.807, 2.05) is 13.8 Å². The Morgan fingerprint density at radius 3 is 2.35 bits per heavy atom. The van der Waals surface area contributed by atoms with Gasteiger partial charge in [0.15, 0.2) is 0 Å². The van der Waals surface area contributed by atoms with Crippen molar-refractivity contribution in [2.45, 2.75) is 32.6 Å². The zero-order valence-corrected chi connectivity index (χ0v) is 13.3. The fourth-order valence-corrected chi connectivity index (χ4v) is 2.17. The zero-order valence-electron chi connectivity index (χ0n) is 13.3. The first-order valence-corrected chi connectivity index (χ1v) is 7.34. The Bertz CT molecular complexity index is 711. The molecule has 1 amide bonds. The number of rotatable bonds is 5. The highest BCUT2D eigenvalue weighted by molar-refractivity contribution is 6.04. The predicted molar refractivity (Wildman–Crippen MR) is 86.6 cm³/mol. The molecule has 0 aliphatic carbocycles. The summed E-state index contributed by atoms with van der Waals surface area (Å²) in [5, 5.41) is 11.8. The van der Waals surface area contributed by atoms with Gasteiger partial charge in [0.1, 0.15) is 6.33 Å². The first kappa shape index (κ1) is 16.6. The van der Waals surface area contributed by atoms with Crippen LogP contribution in [-0.4, -0.2) is 27.0 Å². The van der Waals surface area contributed by atoms with Gasteiger partial charge in [-0.2, -0.15) is 0 Å². The molecule has 6 heteroatoms. The Morgan fingerprint density at radius 2 is 1.78 bits per heavy atom. The van der Waals surface area contributed by atoms with E-state index in [1.165, 1.54) is 12.5 Å². The number of hydrogen-bond acceptors (Lipinski definition) is 4. The normalized spacial score (nSPS) is 12.0. The second-order valence-electron chi connectivity index (χ2n) is 5.61. The first-order chi connectivity index (χ1) is 10.9. The van der Waals surface area contributed by atoms with E-state index in [-0.39, 0.29) is 11.8 Å². The minimum atomic E-state index is -0.884. The van der Waals surface area contributed by atoms with E-state index in [2.05, 4.69) is 15.3 Å². The summed E-state index contributed by atoms with van der Waals surface area (Å²) in [6.07, 6.45) is 2.92. The zero-order chi connectivity index (χ0) is 17.0. The van der Waals surface area contributed by atoms with E-state index >= 15 is 0 Å². The van der Waals surface area contributed by atoms with E-state index in [1.54, 1.807) is 31.2 Å². The van der Waals surface area contributed by atoms with Crippen molar-refractivity contribution in [3.05, 3.63) is 53.6 Å². The van der Waals surface area contributed by atoms with Gasteiger partial charge in [0.25, 0.3) is 5.91 Å². The lowest BCUT2D eigenvalue weighted by atomic mass is 10.0. The largest absolute Gasteiger partial charge is 0.481 e. The summed E-state index contributed by atoms with van der Waals surface area (Å²) in [7, 11) is 0. The molecule has 0 aliphatic rings. The summed E-state index contributed by atoms with van der Waals surface area (Å²) in [5.41, 5.74) is 2.40. The third kappa shape index (κ3) is 3.91. The summed E-state index contributed by atoms with van der Waals surface area (Å²) in [5.74, 6) is -1.65. The van der Waals surface area contributed by atoms with Crippen molar-refractivity contribution in [1.82, 2.24) is 9.97 Å². The van der Waals surface area contributed by atoms with E-state index in [0.29, 0.717) is 22.5 Å². The van der Waals surface area contributed by atoms with Crippen LogP contribution in [-0.2, 0) is 4.79 Å². The monoisotopic (exact) mass is 313 g/mol. The number of aliphatic carboxylic acids is 1. The fraction of sp³-hybridized carbons (Fsp3) is 0.294. The van der Waals surface area contributed by atoms with Gasteiger partial charge in [-0.15, -0.1) is 0 Å². The lowest BCUT2D eigenvalue weighted by molar-refractivity contribution is -0.138. The Balaban J connectivity index is 2.17. The molecule has 0 saturated carbocycles. The van der Waals surface area contributed by atoms with Crippen LogP contribution in [0.15, 0.2) is 36.8 Å². The number of benzene rings is 1. The molecule has 2 N–H and O–H groups in total. The number of carbonyl (C=O) groups excluding carboxylic acids is 1. The van der Waals surface area contributed by atoms with E-state index in [0.717, 1.165) is 0 Å². The van der Waals surface area contributed by atoms with Crippen LogP contribution < -0.4 is 5.32 Å². The summed E-state index contributed by atoms with van der Waals surface area (Å²) in [6.45, 7) is 5.54. The van der Waals surface area contributed by atoms with Crippen LogP contribution in [0.4, 0.5) is 5.69 Å². The highest BCUT2D eigenvalue weighted by atomic mass is 16.4. The van der Waals surface area contributed by atoms with E-state index < -0.39 is 11.9 Å². The van der Waals surface area contributed by atoms with E-state index in [9.17, 15) is 9.59 Å². The number of carboxylic acids is 1. The van der Waals surface area contributed by atoms with Crippen molar-refractivity contribution < 1.29 is 14.7 Å². The van der Waals surface area contributed by atoms with Gasteiger partial charge in [0.05, 0.1) is 17.2 Å². The Morgan fingerprint density at radius 1 is 1.13 bits per heavy atom. The number of nitrogens with one attached hydrogen (secondary N) is 1. The molecule has 2 aromatic rings. The molecule has 0 fully saturated rings. The number of anilines is 1. The molecule has 0 bridgehead atoms. The molecule has 0 radical (unpaired) electrons. The predicted octanol–water partition coefficient (Wildman–Crippen LogP) is 3.04. The summed E-state index contributed by atoms with van der Waals surface area (Å²) >= 11 is 0. The van der Waals surface area contributed by atoms with Gasteiger partial charge in [0.2, 0.25) is 0 Å². The maximum absolute atomic E-state index is 12.4. The molecule has 120 valence electrons. The van der Waals surface area contributed by atoms with Gasteiger partial charge in [0, 0.05) is 11.9 Å². The minimum Gasteiger partial charge on any atom is -0.481 e. The molecule has 1 aromatic heterocycles. The van der Waals surface area contributed by atoms with Crippen molar-refractivity contribution in [1.29, 1.82) is 0 Å². The SMILES string of the molecule is CC(C)c1ncncc1C(=O)Nc1ccc(C(C)C(=O)O)cc1. The number of hydrogen-bond donors (Lipinski definition) is 2. The Hall–Kier alpha value is -2.76. The molecular weight excluding hydrogens is 294 g/mol. The van der Waals surface area contributed by atoms with Gasteiger partial charge < -0.3 is 10.4 Å². The minimum absolute atomic E-state index is 0.109. The second kappa shape index (κ2) is 7.00. The van der Waals surface area contributed by atoms with Crippen LogP contribution in [0, 0.1) is 0 Å². The van der Waals surface area contributed by atoms with Crippen LogP contribution in [0.1, 0.15) is 54.2 Å². The van der Waals surface area contributed by atoms with Gasteiger partial charge in [-0.3, -0.25) is 9.59 Å². The third-order valence-electron chi connectivity index (χ3n) is 3.57. The molecule has 1 unspecified atom stereocenters. The number of carboxylic acid groups (broad SMARTS) is 1. The molecule has 1 aromatic carbocycles. The average Bonchev–Trinajstić information content (AvgIpc) is 2.54. The Kier molecular flexibility index (Phi) is 5.05. The van der Waals surface area contributed by atoms with Gasteiger partial charge in [-0.05, 0) is 30.5 Å². The number of aromatic nitrogens is 2. The third-order valence-corrected chi connectivity index (χ3v) is 3.57. The molecule has 2 rings (SSSR count). The van der Waals surface area contributed by atoms with Crippen molar-refractivity contribution in [3.63, 3.8) is 0 Å². The quantitative estimate of drug-likeness (QED) is 0.885. The van der Waals surface area contributed by atoms with Crippen LogP contribution in [0.2, 0.25) is 0 Å². The van der Waals surface area contributed by atoms with Gasteiger partial charge in [-0.25, -0.2) is 9.97 Å². The smallest absolute Gasteiger partial charge is 0.310 e. The van der Waals surface area contributed by atoms with E-state index in [4.69, 9.17) is 5.11 Å². The van der Waals surface area contributed by atoms with Crippen LogP contribution >= 0.6 is 0 Å². The van der Waals surface area contributed by atoms with Gasteiger partial charge in [-0.1, -0.05) is 26.0 Å². The second-order valence-corrected chi connectivity index (χ2v) is 5.61. The van der Waals surface area contributed by atoms with Crippen LogP contribution in [0.25, 0.3) is 0 Å². The maximum Gasteiger partial charge on any atom is 0.310 e. The molecular formula is C17H19N3O3.